The van der Waals surface area contributed by atoms with Crippen LogP contribution in [0.25, 0.3) is 0 Å². The molecular formula is C9H10F3NO3S. The van der Waals surface area contributed by atoms with E-state index in [1.54, 1.807) is 0 Å². The van der Waals surface area contributed by atoms with E-state index >= 15 is 0 Å². The van der Waals surface area contributed by atoms with E-state index in [2.05, 4.69) is 9.46 Å². The molecule has 1 rings (SSSR count). The van der Waals surface area contributed by atoms with Gasteiger partial charge in [-0.1, -0.05) is 12.1 Å². The summed E-state index contributed by atoms with van der Waals surface area (Å²) in [4.78, 5) is 0. The Hall–Kier alpha value is -1.44. The molecular weight excluding hydrogens is 259 g/mol. The van der Waals surface area contributed by atoms with Gasteiger partial charge in [0.2, 0.25) is 10.0 Å². The number of ether oxygens (including phenoxy) is 1. The summed E-state index contributed by atoms with van der Waals surface area (Å²) in [6.07, 6.45) is -3.58. The lowest BCUT2D eigenvalue weighted by Crippen LogP contribution is -2.20. The summed E-state index contributed by atoms with van der Waals surface area (Å²) in [7, 11) is -3.56. The summed E-state index contributed by atoms with van der Waals surface area (Å²) in [5, 5.41) is 0. The van der Waals surface area contributed by atoms with E-state index in [1.807, 2.05) is 0 Å². The fourth-order valence-corrected chi connectivity index (χ4v) is 1.60. The standard InChI is InChI=1S/C9H10F3NO3S/c1-17(14,15)13-7-4-2-3-5-8(7)16-6-9(10,11)12/h2-5,13H,6H2,1H3. The van der Waals surface area contributed by atoms with Gasteiger partial charge in [-0.2, -0.15) is 13.2 Å². The average molecular weight is 269 g/mol. The number of benzene rings is 1. The molecule has 17 heavy (non-hydrogen) atoms. The van der Waals surface area contributed by atoms with Crippen molar-refractivity contribution in [3.05, 3.63) is 24.3 Å². The molecule has 1 aromatic rings. The second kappa shape index (κ2) is 4.82. The van der Waals surface area contributed by atoms with Crippen molar-refractivity contribution in [3.63, 3.8) is 0 Å². The van der Waals surface area contributed by atoms with Crippen LogP contribution in [0.3, 0.4) is 0 Å². The highest BCUT2D eigenvalue weighted by Crippen LogP contribution is 2.26. The third kappa shape index (κ3) is 5.43. The van der Waals surface area contributed by atoms with Crippen molar-refractivity contribution < 1.29 is 26.3 Å². The van der Waals surface area contributed by atoms with Crippen LogP contribution in [0.15, 0.2) is 24.3 Å². The molecule has 0 fully saturated rings. The van der Waals surface area contributed by atoms with Crippen molar-refractivity contribution in [1.82, 2.24) is 0 Å². The number of hydrogen-bond acceptors (Lipinski definition) is 3. The smallest absolute Gasteiger partial charge is 0.422 e. The van der Waals surface area contributed by atoms with E-state index in [4.69, 9.17) is 0 Å². The largest absolute Gasteiger partial charge is 0.482 e. The molecule has 0 amide bonds. The quantitative estimate of drug-likeness (QED) is 0.909. The van der Waals surface area contributed by atoms with E-state index in [-0.39, 0.29) is 11.4 Å². The lowest BCUT2D eigenvalue weighted by Gasteiger charge is -2.13. The molecule has 0 saturated heterocycles. The molecule has 8 heteroatoms. The highest BCUT2D eigenvalue weighted by molar-refractivity contribution is 7.92. The minimum absolute atomic E-state index is 0.0285. The van der Waals surface area contributed by atoms with Gasteiger partial charge in [0.15, 0.2) is 6.61 Å². The van der Waals surface area contributed by atoms with E-state index in [0.717, 1.165) is 6.26 Å². The summed E-state index contributed by atoms with van der Waals surface area (Å²) in [6, 6.07) is 5.49. The number of alkyl halides is 3. The first kappa shape index (κ1) is 13.6. The molecule has 0 unspecified atom stereocenters. The van der Waals surface area contributed by atoms with E-state index in [1.165, 1.54) is 24.3 Å². The van der Waals surface area contributed by atoms with Crippen molar-refractivity contribution in [2.45, 2.75) is 6.18 Å². The first-order valence-corrected chi connectivity index (χ1v) is 6.33. The zero-order valence-corrected chi connectivity index (χ0v) is 9.60. The van der Waals surface area contributed by atoms with Gasteiger partial charge in [-0.05, 0) is 12.1 Å². The van der Waals surface area contributed by atoms with Crippen LogP contribution < -0.4 is 9.46 Å². The molecule has 0 aliphatic heterocycles. The number of para-hydroxylation sites is 2. The number of nitrogens with one attached hydrogen (secondary N) is 1. The van der Waals surface area contributed by atoms with Crippen molar-refractivity contribution in [3.8, 4) is 5.75 Å². The zero-order valence-electron chi connectivity index (χ0n) is 8.78. The molecule has 0 radical (unpaired) electrons. The van der Waals surface area contributed by atoms with Crippen molar-refractivity contribution in [2.75, 3.05) is 17.6 Å². The Kier molecular flexibility index (Phi) is 3.87. The zero-order chi connectivity index (χ0) is 13.1. The van der Waals surface area contributed by atoms with E-state index < -0.39 is 22.8 Å². The van der Waals surface area contributed by atoms with Gasteiger partial charge in [0, 0.05) is 0 Å². The van der Waals surface area contributed by atoms with Crippen molar-refractivity contribution in [1.29, 1.82) is 0 Å². The first-order valence-electron chi connectivity index (χ1n) is 4.44. The van der Waals surface area contributed by atoms with Crippen molar-refractivity contribution in [2.24, 2.45) is 0 Å². The molecule has 0 aliphatic rings. The molecule has 96 valence electrons. The fraction of sp³-hybridized carbons (Fsp3) is 0.333. The topological polar surface area (TPSA) is 55.4 Å². The average Bonchev–Trinajstić information content (AvgIpc) is 2.12. The van der Waals surface area contributed by atoms with Gasteiger partial charge in [-0.3, -0.25) is 4.72 Å². The summed E-state index contributed by atoms with van der Waals surface area (Å²) in [6.45, 7) is -1.48. The van der Waals surface area contributed by atoms with Crippen LogP contribution in [-0.4, -0.2) is 27.5 Å². The van der Waals surface area contributed by atoms with Gasteiger partial charge >= 0.3 is 6.18 Å². The predicted octanol–water partition coefficient (Wildman–Crippen LogP) is 2.00. The van der Waals surface area contributed by atoms with Crippen LogP contribution >= 0.6 is 0 Å². The third-order valence-corrected chi connectivity index (χ3v) is 2.16. The maximum atomic E-state index is 11.9. The predicted molar refractivity (Wildman–Crippen MR) is 56.5 cm³/mol. The highest BCUT2D eigenvalue weighted by atomic mass is 32.2. The summed E-state index contributed by atoms with van der Waals surface area (Å²) >= 11 is 0. The normalized spacial score (nSPS) is 12.2. The SMILES string of the molecule is CS(=O)(=O)Nc1ccccc1OCC(F)(F)F. The van der Waals surface area contributed by atoms with Crippen molar-refractivity contribution >= 4 is 15.7 Å². The number of sulfonamides is 1. The molecule has 4 nitrogen and oxygen atoms in total. The van der Waals surface area contributed by atoms with E-state index in [9.17, 15) is 21.6 Å². The Morgan fingerprint density at radius 2 is 1.88 bits per heavy atom. The lowest BCUT2D eigenvalue weighted by molar-refractivity contribution is -0.153. The molecule has 0 atom stereocenters. The molecule has 1 aromatic carbocycles. The lowest BCUT2D eigenvalue weighted by atomic mass is 10.3. The van der Waals surface area contributed by atoms with Gasteiger partial charge in [-0.15, -0.1) is 0 Å². The Morgan fingerprint density at radius 3 is 2.41 bits per heavy atom. The summed E-state index contributed by atoms with van der Waals surface area (Å²) < 4.78 is 64.3. The maximum absolute atomic E-state index is 11.9. The maximum Gasteiger partial charge on any atom is 0.422 e. The Morgan fingerprint density at radius 1 is 1.29 bits per heavy atom. The van der Waals surface area contributed by atoms with Gasteiger partial charge < -0.3 is 4.74 Å². The van der Waals surface area contributed by atoms with Crippen LogP contribution in [0.5, 0.6) is 5.75 Å². The Bertz CT molecular complexity index is 485. The second-order valence-electron chi connectivity index (χ2n) is 3.27. The molecule has 0 aliphatic carbocycles. The highest BCUT2D eigenvalue weighted by Gasteiger charge is 2.28. The third-order valence-electron chi connectivity index (χ3n) is 1.57. The molecule has 0 heterocycles. The minimum atomic E-state index is -4.47. The molecule has 1 N–H and O–H groups in total. The molecule has 0 spiro atoms. The number of rotatable bonds is 4. The van der Waals surface area contributed by atoms with Crippen LogP contribution in [0.1, 0.15) is 0 Å². The van der Waals surface area contributed by atoms with Gasteiger partial charge in [0.05, 0.1) is 11.9 Å². The summed E-state index contributed by atoms with van der Waals surface area (Å²) in [5.41, 5.74) is -0.0285. The molecule has 0 aromatic heterocycles. The first-order chi connectivity index (χ1) is 7.67. The second-order valence-corrected chi connectivity index (χ2v) is 5.02. The van der Waals surface area contributed by atoms with E-state index in [0.29, 0.717) is 0 Å². The molecule has 0 bridgehead atoms. The monoisotopic (exact) mass is 269 g/mol. The van der Waals surface area contributed by atoms with Crippen LogP contribution in [0.2, 0.25) is 0 Å². The Labute approximate surface area is 96.4 Å². The van der Waals surface area contributed by atoms with Gasteiger partial charge in [0.25, 0.3) is 0 Å². The fourth-order valence-electron chi connectivity index (χ4n) is 1.04. The van der Waals surface area contributed by atoms with Crippen LogP contribution in [-0.2, 0) is 10.0 Å². The van der Waals surface area contributed by atoms with Crippen LogP contribution in [0, 0.1) is 0 Å². The number of anilines is 1. The summed E-state index contributed by atoms with van der Waals surface area (Å²) in [5.74, 6) is -0.171. The van der Waals surface area contributed by atoms with Crippen LogP contribution in [0.4, 0.5) is 18.9 Å². The minimum Gasteiger partial charge on any atom is -0.482 e. The number of halogens is 3. The van der Waals surface area contributed by atoms with Gasteiger partial charge in [0.1, 0.15) is 5.75 Å². The Balaban J connectivity index is 2.85. The number of hydrogen-bond donors (Lipinski definition) is 1. The molecule has 0 saturated carbocycles. The van der Waals surface area contributed by atoms with Gasteiger partial charge in [-0.25, -0.2) is 8.42 Å².